The highest BCUT2D eigenvalue weighted by Crippen LogP contribution is 2.02. The zero-order valence-electron chi connectivity index (χ0n) is 5.06. The van der Waals surface area contributed by atoms with Crippen LogP contribution in [0, 0.1) is 0 Å². The van der Waals surface area contributed by atoms with Crippen molar-refractivity contribution in [1.82, 2.24) is 0 Å². The summed E-state index contributed by atoms with van der Waals surface area (Å²) in [6, 6.07) is 0. The van der Waals surface area contributed by atoms with E-state index in [1.165, 1.54) is 0 Å². The van der Waals surface area contributed by atoms with Crippen LogP contribution in [0.2, 0.25) is 0 Å². The Bertz CT molecular complexity index is 221. The summed E-state index contributed by atoms with van der Waals surface area (Å²) in [5, 5.41) is 0. The lowest BCUT2D eigenvalue weighted by Gasteiger charge is -2.03. The highest BCUT2D eigenvalue weighted by Gasteiger charge is 2.02. The summed E-state index contributed by atoms with van der Waals surface area (Å²) in [4.78, 5) is 0. The van der Waals surface area contributed by atoms with Crippen molar-refractivity contribution < 1.29 is 25.5 Å². The van der Waals surface area contributed by atoms with Crippen molar-refractivity contribution in [3.05, 3.63) is 0 Å². The van der Waals surface area contributed by atoms with Gasteiger partial charge in [-0.25, -0.2) is 4.21 Å². The molecule has 0 spiro atoms. The van der Waals surface area contributed by atoms with Crippen LogP contribution in [0.4, 0.5) is 0 Å². The normalized spacial score (nSPS) is 14.7. The van der Waals surface area contributed by atoms with Gasteiger partial charge in [-0.3, -0.25) is 8.37 Å². The van der Waals surface area contributed by atoms with Gasteiger partial charge in [0.25, 0.3) is 0 Å². The minimum atomic E-state index is -3.53. The van der Waals surface area contributed by atoms with Gasteiger partial charge in [-0.05, 0) is 0 Å². The molecule has 0 heterocycles. The molecule has 68 valence electrons. The smallest absolute Gasteiger partial charge is 0.321 e. The van der Waals surface area contributed by atoms with Gasteiger partial charge in [0.2, 0.25) is 0 Å². The summed E-state index contributed by atoms with van der Waals surface area (Å²) >= 11 is -1.55. The highest BCUT2D eigenvalue weighted by atomic mass is 127. The van der Waals surface area contributed by atoms with Gasteiger partial charge < -0.3 is 4.55 Å². The third kappa shape index (κ3) is 10.7. The molecule has 0 N–H and O–H groups in total. The molecule has 0 radical (unpaired) electrons. The van der Waals surface area contributed by atoms with Gasteiger partial charge in [0.1, 0.15) is 21.2 Å². The minimum Gasteiger partial charge on any atom is -0.750 e. The zero-order chi connectivity index (χ0) is 8.91. The van der Waals surface area contributed by atoms with Crippen molar-refractivity contribution in [1.29, 1.82) is 0 Å². The third-order valence-electron chi connectivity index (χ3n) is 0.487. The standard InChI is InChI=1S/C2H5IO6S2/c3-11(6,7)9-2-1-8-10(4)5/h1-2H2,(H,4,5)/p-1. The van der Waals surface area contributed by atoms with Gasteiger partial charge >= 0.3 is 7.29 Å². The van der Waals surface area contributed by atoms with E-state index in [4.69, 9.17) is 0 Å². The van der Waals surface area contributed by atoms with Crippen LogP contribution in [0.1, 0.15) is 0 Å². The number of hydrogen-bond donors (Lipinski definition) is 0. The van der Waals surface area contributed by atoms with Gasteiger partial charge in [-0.2, -0.15) is 8.42 Å². The second-order valence-electron chi connectivity index (χ2n) is 1.24. The molecule has 0 amide bonds. The lowest BCUT2D eigenvalue weighted by atomic mass is 10.8. The predicted octanol–water partition coefficient (Wildman–Crippen LogP) is -0.506. The summed E-state index contributed by atoms with van der Waals surface area (Å²) in [7, 11) is -3.53. The fraction of sp³-hybridized carbons (Fsp3) is 1.00. The summed E-state index contributed by atoms with van der Waals surface area (Å²) in [6.45, 7) is -0.613. The molecule has 0 aromatic carbocycles. The lowest BCUT2D eigenvalue weighted by molar-refractivity contribution is 0.223. The molecule has 1 atom stereocenters. The van der Waals surface area contributed by atoms with Gasteiger partial charge in [0, 0.05) is 0 Å². The van der Waals surface area contributed by atoms with Crippen LogP contribution in [0.3, 0.4) is 0 Å². The first-order valence-corrected chi connectivity index (χ1v) is 7.18. The molecule has 6 nitrogen and oxygen atoms in total. The first-order chi connectivity index (χ1) is 4.92. The Morgan fingerprint density at radius 3 is 2.36 bits per heavy atom. The van der Waals surface area contributed by atoms with Gasteiger partial charge in [0.15, 0.2) is 0 Å². The molecular weight excluding hydrogens is 311 g/mol. The zero-order valence-corrected chi connectivity index (χ0v) is 8.85. The van der Waals surface area contributed by atoms with Crippen LogP contribution in [0.25, 0.3) is 0 Å². The Hall–Kier alpha value is 0.710. The molecule has 0 aromatic rings. The molecule has 0 aliphatic carbocycles. The minimum absolute atomic E-state index is 0.306. The van der Waals surface area contributed by atoms with Gasteiger partial charge in [-0.15, -0.1) is 0 Å². The molecule has 0 fully saturated rings. The van der Waals surface area contributed by atoms with Crippen molar-refractivity contribution in [2.24, 2.45) is 0 Å². The van der Waals surface area contributed by atoms with Crippen LogP contribution >= 0.6 is 21.2 Å². The maximum absolute atomic E-state index is 10.2. The number of halogens is 1. The average molecular weight is 315 g/mol. The van der Waals surface area contributed by atoms with E-state index in [2.05, 4.69) is 8.37 Å². The quantitative estimate of drug-likeness (QED) is 0.294. The van der Waals surface area contributed by atoms with Crippen LogP contribution in [-0.4, -0.2) is 30.4 Å². The third-order valence-corrected chi connectivity index (χ3v) is 2.06. The monoisotopic (exact) mass is 315 g/mol. The average Bonchev–Trinajstić information content (AvgIpc) is 1.78. The van der Waals surface area contributed by atoms with E-state index in [-0.39, 0.29) is 13.2 Å². The van der Waals surface area contributed by atoms with Crippen LogP contribution in [-0.2, 0) is 27.0 Å². The van der Waals surface area contributed by atoms with Crippen molar-refractivity contribution in [3.63, 3.8) is 0 Å². The molecule has 11 heavy (non-hydrogen) atoms. The van der Waals surface area contributed by atoms with E-state index in [1.54, 1.807) is 0 Å². The molecule has 1 unspecified atom stereocenters. The van der Waals surface area contributed by atoms with Crippen LogP contribution in [0.15, 0.2) is 0 Å². The maximum atomic E-state index is 10.2. The van der Waals surface area contributed by atoms with E-state index >= 15 is 0 Å². The summed E-state index contributed by atoms with van der Waals surface area (Å²) in [5.74, 6) is 0. The molecule has 0 aliphatic heterocycles. The first kappa shape index (κ1) is 11.7. The van der Waals surface area contributed by atoms with Crippen molar-refractivity contribution in [2.45, 2.75) is 0 Å². The largest absolute Gasteiger partial charge is 0.750 e. The summed E-state index contributed by atoms with van der Waals surface area (Å²) < 4.78 is 48.0. The topological polar surface area (TPSA) is 92.7 Å². The van der Waals surface area contributed by atoms with Crippen molar-refractivity contribution >= 4 is 39.9 Å². The first-order valence-electron chi connectivity index (χ1n) is 2.23. The maximum Gasteiger partial charge on any atom is 0.321 e. The molecule has 0 saturated carbocycles. The molecule has 0 saturated heterocycles. The Morgan fingerprint density at radius 2 is 2.00 bits per heavy atom. The van der Waals surface area contributed by atoms with Crippen molar-refractivity contribution in [3.8, 4) is 0 Å². The summed E-state index contributed by atoms with van der Waals surface area (Å²) in [6.07, 6.45) is 0. The Morgan fingerprint density at radius 1 is 1.45 bits per heavy atom. The van der Waals surface area contributed by atoms with E-state index in [0.29, 0.717) is 0 Å². The fourth-order valence-corrected chi connectivity index (χ4v) is 1.25. The van der Waals surface area contributed by atoms with Gasteiger partial charge in [0.05, 0.1) is 24.6 Å². The molecule has 0 aromatic heterocycles. The second-order valence-corrected chi connectivity index (χ2v) is 6.14. The SMILES string of the molecule is O=S([O-])OCCOS(=O)(=O)I. The number of rotatable bonds is 5. The van der Waals surface area contributed by atoms with E-state index in [0.717, 1.165) is 21.2 Å². The summed E-state index contributed by atoms with van der Waals surface area (Å²) in [5.41, 5.74) is 0. The molecule has 9 heteroatoms. The van der Waals surface area contributed by atoms with Gasteiger partial charge in [-0.1, -0.05) is 0 Å². The van der Waals surface area contributed by atoms with E-state index < -0.39 is 18.7 Å². The highest BCUT2D eigenvalue weighted by molar-refractivity contribution is 14.2. The molecule has 0 rings (SSSR count). The molecular formula is C2H4IO6S2-. The fourth-order valence-electron chi connectivity index (χ4n) is 0.236. The molecule has 0 bridgehead atoms. The predicted molar refractivity (Wildman–Crippen MR) is 43.8 cm³/mol. The van der Waals surface area contributed by atoms with Crippen LogP contribution in [0.5, 0.6) is 0 Å². The Balaban J connectivity index is 3.37. The van der Waals surface area contributed by atoms with E-state index in [9.17, 15) is 17.2 Å². The van der Waals surface area contributed by atoms with Crippen LogP contribution < -0.4 is 0 Å². The Labute approximate surface area is 78.5 Å². The van der Waals surface area contributed by atoms with Crippen molar-refractivity contribution in [2.75, 3.05) is 13.2 Å². The lowest BCUT2D eigenvalue weighted by Crippen LogP contribution is -2.07. The molecule has 0 aliphatic rings. The second kappa shape index (κ2) is 5.37. The van der Waals surface area contributed by atoms with E-state index in [1.807, 2.05) is 0 Å². The Kier molecular flexibility index (Phi) is 5.72. The number of hydrogen-bond acceptors (Lipinski definition) is 6.